The van der Waals surface area contributed by atoms with Crippen molar-refractivity contribution in [2.75, 3.05) is 0 Å². The first-order valence-electron chi connectivity index (χ1n) is 4.51. The summed E-state index contributed by atoms with van der Waals surface area (Å²) in [7, 11) is 0. The van der Waals surface area contributed by atoms with Crippen LogP contribution >= 0.6 is 11.3 Å². The Morgan fingerprint density at radius 1 is 1.13 bits per heavy atom. The molecule has 0 amide bonds. The fraction of sp³-hybridized carbons (Fsp3) is 0. The number of nitrogens with zero attached hydrogens (tertiary/aromatic N) is 1. The third-order valence-electron chi connectivity index (χ3n) is 2.19. The minimum atomic E-state index is 0.119. The predicted molar refractivity (Wildman–Crippen MR) is 64.4 cm³/mol. The molecular formula is C11H7NOSSe. The summed E-state index contributed by atoms with van der Waals surface area (Å²) >= 11 is 1.66. The number of para-hydroxylation sites is 1. The molecule has 0 radical (unpaired) electrons. The summed E-state index contributed by atoms with van der Waals surface area (Å²) in [6.45, 7) is 0. The van der Waals surface area contributed by atoms with Crippen LogP contribution in [-0.4, -0.2) is 18.3 Å². The number of aromatic nitrogens is 1. The van der Waals surface area contributed by atoms with E-state index in [4.69, 9.17) is 0 Å². The monoisotopic (exact) mass is 281 g/mol. The predicted octanol–water partition coefficient (Wildman–Crippen LogP) is 2.11. The molecule has 2 nitrogen and oxygen atoms in total. The quantitative estimate of drug-likeness (QED) is 0.626. The van der Waals surface area contributed by atoms with Crippen LogP contribution in [0, 0.1) is 0 Å². The average molecular weight is 280 g/mol. The Hall–Kier alpha value is -1.09. The van der Waals surface area contributed by atoms with Gasteiger partial charge in [0, 0.05) is 0 Å². The molecule has 0 saturated carbocycles. The summed E-state index contributed by atoms with van der Waals surface area (Å²) in [5.41, 5.74) is 1.16. The number of rotatable bonds is 1. The molecule has 0 bridgehead atoms. The molecule has 0 spiro atoms. The summed E-state index contributed by atoms with van der Waals surface area (Å²) in [6, 6.07) is 11.9. The van der Waals surface area contributed by atoms with Crippen molar-refractivity contribution >= 4 is 35.0 Å². The molecule has 0 atom stereocenters. The van der Waals surface area contributed by atoms with Gasteiger partial charge < -0.3 is 0 Å². The van der Waals surface area contributed by atoms with E-state index in [0.717, 1.165) is 10.4 Å². The summed E-state index contributed by atoms with van der Waals surface area (Å²) in [5.74, 6) is 0. The van der Waals surface area contributed by atoms with E-state index in [2.05, 4.69) is 6.07 Å². The fourth-order valence-corrected chi connectivity index (χ4v) is 4.91. The van der Waals surface area contributed by atoms with Crippen molar-refractivity contribution in [3.8, 4) is 5.69 Å². The molecule has 0 saturated heterocycles. The maximum absolute atomic E-state index is 12.0. The summed E-state index contributed by atoms with van der Waals surface area (Å²) in [4.78, 5) is 12.0. The number of hydrogen-bond donors (Lipinski definition) is 0. The van der Waals surface area contributed by atoms with Crippen LogP contribution in [0.25, 0.3) is 14.6 Å². The second kappa shape index (κ2) is 3.49. The van der Waals surface area contributed by atoms with Gasteiger partial charge in [-0.15, -0.1) is 0 Å². The molecule has 0 aliphatic carbocycles. The van der Waals surface area contributed by atoms with Crippen LogP contribution in [0.3, 0.4) is 0 Å². The van der Waals surface area contributed by atoms with Crippen molar-refractivity contribution in [1.29, 1.82) is 0 Å². The Morgan fingerprint density at radius 2 is 1.93 bits per heavy atom. The summed E-state index contributed by atoms with van der Waals surface area (Å²) < 4.78 is 4.01. The van der Waals surface area contributed by atoms with Crippen LogP contribution in [0.1, 0.15) is 0 Å². The Kier molecular flexibility index (Phi) is 2.13. The zero-order chi connectivity index (χ0) is 10.3. The van der Waals surface area contributed by atoms with Gasteiger partial charge in [0.2, 0.25) is 0 Å². The molecule has 0 aliphatic rings. The zero-order valence-corrected chi connectivity index (χ0v) is 10.2. The van der Waals surface area contributed by atoms with Crippen molar-refractivity contribution in [3.05, 3.63) is 52.1 Å². The van der Waals surface area contributed by atoms with Crippen molar-refractivity contribution in [3.63, 3.8) is 0 Å². The first-order valence-corrected chi connectivity index (χ1v) is 7.01. The van der Waals surface area contributed by atoms with E-state index >= 15 is 0 Å². The normalized spacial score (nSPS) is 10.9. The van der Waals surface area contributed by atoms with Gasteiger partial charge in [-0.1, -0.05) is 0 Å². The Morgan fingerprint density at radius 3 is 2.67 bits per heavy atom. The third kappa shape index (κ3) is 1.42. The second-order valence-corrected chi connectivity index (χ2v) is 6.13. The molecule has 2 heterocycles. The van der Waals surface area contributed by atoms with Crippen LogP contribution in [0.5, 0.6) is 0 Å². The van der Waals surface area contributed by atoms with Gasteiger partial charge in [0.1, 0.15) is 0 Å². The minimum absolute atomic E-state index is 0.119. The molecule has 2 aromatic heterocycles. The molecular weight excluding hydrogens is 273 g/mol. The van der Waals surface area contributed by atoms with Gasteiger partial charge >= 0.3 is 96.4 Å². The molecule has 0 fully saturated rings. The first-order chi connectivity index (χ1) is 7.36. The molecule has 74 valence electrons. The molecule has 0 unspecified atom stereocenters. The van der Waals surface area contributed by atoms with Gasteiger partial charge in [-0.3, -0.25) is 0 Å². The number of fused-ring (bicyclic) bond motifs is 1. The van der Waals surface area contributed by atoms with Crippen LogP contribution in [0.4, 0.5) is 0 Å². The Balaban J connectivity index is 2.32. The van der Waals surface area contributed by atoms with E-state index in [1.165, 1.54) is 4.26 Å². The van der Waals surface area contributed by atoms with E-state index in [9.17, 15) is 4.79 Å². The van der Waals surface area contributed by atoms with Gasteiger partial charge in [0.25, 0.3) is 0 Å². The van der Waals surface area contributed by atoms with Crippen molar-refractivity contribution in [2.24, 2.45) is 0 Å². The van der Waals surface area contributed by atoms with E-state index in [1.54, 1.807) is 11.3 Å². The van der Waals surface area contributed by atoms with Gasteiger partial charge in [-0.05, 0) is 0 Å². The number of benzene rings is 1. The van der Waals surface area contributed by atoms with Crippen LogP contribution in [0.2, 0.25) is 0 Å². The van der Waals surface area contributed by atoms with Gasteiger partial charge in [-0.25, -0.2) is 0 Å². The van der Waals surface area contributed by atoms with Crippen molar-refractivity contribution < 1.29 is 0 Å². The van der Waals surface area contributed by atoms with Crippen LogP contribution in [-0.2, 0) is 0 Å². The Bertz CT molecular complexity index is 650. The van der Waals surface area contributed by atoms with Crippen molar-refractivity contribution in [1.82, 2.24) is 3.56 Å². The van der Waals surface area contributed by atoms with E-state index in [0.29, 0.717) is 0 Å². The number of thiophene rings is 1. The van der Waals surface area contributed by atoms with E-state index in [-0.39, 0.29) is 20.3 Å². The van der Waals surface area contributed by atoms with Gasteiger partial charge in [0.05, 0.1) is 0 Å². The van der Waals surface area contributed by atoms with E-state index < -0.39 is 0 Å². The standard InChI is InChI=1S/C11H7NOSSe/c13-11-10-9(6-7-14-10)15-12(11)8-4-2-1-3-5-8/h1-7H. The third-order valence-corrected chi connectivity index (χ3v) is 5.68. The summed E-state index contributed by atoms with van der Waals surface area (Å²) in [5, 5.41) is 1.99. The Labute approximate surface area is 96.4 Å². The van der Waals surface area contributed by atoms with Crippen LogP contribution < -0.4 is 5.56 Å². The second-order valence-electron chi connectivity index (χ2n) is 3.14. The molecule has 1 aromatic carbocycles. The molecule has 4 heteroatoms. The molecule has 0 aliphatic heterocycles. The molecule has 15 heavy (non-hydrogen) atoms. The average Bonchev–Trinajstić information content (AvgIpc) is 2.83. The molecule has 3 rings (SSSR count). The number of hydrogen-bond acceptors (Lipinski definition) is 2. The van der Waals surface area contributed by atoms with Gasteiger partial charge in [-0.2, -0.15) is 0 Å². The maximum atomic E-state index is 12.0. The van der Waals surface area contributed by atoms with Gasteiger partial charge in [0.15, 0.2) is 0 Å². The molecule has 3 aromatic rings. The zero-order valence-electron chi connectivity index (χ0n) is 7.71. The van der Waals surface area contributed by atoms with Crippen LogP contribution in [0.15, 0.2) is 46.6 Å². The topological polar surface area (TPSA) is 22.0 Å². The first kappa shape index (κ1) is 9.16. The fourth-order valence-electron chi connectivity index (χ4n) is 1.49. The SMILES string of the molecule is O=c1c2sccc2[se]n1-c1ccccc1. The molecule has 0 N–H and O–H groups in total. The summed E-state index contributed by atoms with van der Waals surface area (Å²) in [6.07, 6.45) is 0. The van der Waals surface area contributed by atoms with E-state index in [1.807, 2.05) is 39.3 Å². The van der Waals surface area contributed by atoms with Crippen molar-refractivity contribution in [2.45, 2.75) is 0 Å².